The molecule has 1 aromatic rings. The summed E-state index contributed by atoms with van der Waals surface area (Å²) in [5.41, 5.74) is 5.14. The maximum Gasteiger partial charge on any atom is 0.239 e. The lowest BCUT2D eigenvalue weighted by Crippen LogP contribution is -2.44. The van der Waals surface area contributed by atoms with Crippen LogP contribution in [-0.2, 0) is 14.4 Å². The Morgan fingerprint density at radius 1 is 1.25 bits per heavy atom. The van der Waals surface area contributed by atoms with E-state index < -0.39 is 5.91 Å². The molecule has 4 N–H and O–H groups in total. The number of benzene rings is 1. The molecule has 0 saturated carbocycles. The fraction of sp³-hybridized carbons (Fsp3) is 0.438. The van der Waals surface area contributed by atoms with E-state index in [2.05, 4.69) is 10.6 Å². The highest BCUT2D eigenvalue weighted by Crippen LogP contribution is 2.12. The van der Waals surface area contributed by atoms with Crippen molar-refractivity contribution in [1.82, 2.24) is 15.5 Å². The summed E-state index contributed by atoms with van der Waals surface area (Å²) in [4.78, 5) is 36.3. The SMILES string of the molecule is NCC(=O)NCC(=O)NC1CC(=O)N(CCOc2ccccc2)C1. The van der Waals surface area contributed by atoms with Gasteiger partial charge in [-0.25, -0.2) is 0 Å². The molecule has 3 amide bonds. The first-order chi connectivity index (χ1) is 11.6. The monoisotopic (exact) mass is 334 g/mol. The van der Waals surface area contributed by atoms with E-state index in [0.29, 0.717) is 19.7 Å². The molecule has 0 aliphatic carbocycles. The molecule has 8 heteroatoms. The Kier molecular flexibility index (Phi) is 6.56. The van der Waals surface area contributed by atoms with E-state index in [0.717, 1.165) is 5.75 Å². The lowest BCUT2D eigenvalue weighted by molar-refractivity contribution is -0.128. The molecular formula is C16H22N4O4. The van der Waals surface area contributed by atoms with Gasteiger partial charge in [-0.05, 0) is 12.1 Å². The first kappa shape index (κ1) is 17.7. The molecule has 1 aromatic carbocycles. The predicted octanol–water partition coefficient (Wildman–Crippen LogP) is -1.14. The minimum atomic E-state index is -0.396. The number of nitrogens with one attached hydrogen (secondary N) is 2. The maximum atomic E-state index is 12.0. The molecule has 130 valence electrons. The van der Waals surface area contributed by atoms with Crippen LogP contribution in [0, 0.1) is 0 Å². The van der Waals surface area contributed by atoms with E-state index >= 15 is 0 Å². The Morgan fingerprint density at radius 3 is 2.71 bits per heavy atom. The molecule has 0 radical (unpaired) electrons. The number of carbonyl (C=O) groups is 3. The van der Waals surface area contributed by atoms with Gasteiger partial charge in [0.25, 0.3) is 0 Å². The molecule has 8 nitrogen and oxygen atoms in total. The van der Waals surface area contributed by atoms with E-state index in [9.17, 15) is 14.4 Å². The normalized spacial score (nSPS) is 16.8. The molecule has 1 fully saturated rings. The zero-order valence-electron chi connectivity index (χ0n) is 13.4. The molecule has 1 aliphatic rings. The van der Waals surface area contributed by atoms with Crippen molar-refractivity contribution in [2.75, 3.05) is 32.8 Å². The summed E-state index contributed by atoms with van der Waals surface area (Å²) < 4.78 is 5.57. The average Bonchev–Trinajstić information content (AvgIpc) is 2.93. The smallest absolute Gasteiger partial charge is 0.239 e. The summed E-state index contributed by atoms with van der Waals surface area (Å²) in [6.45, 7) is 0.989. The highest BCUT2D eigenvalue weighted by molar-refractivity contribution is 5.86. The number of rotatable bonds is 8. The van der Waals surface area contributed by atoms with Crippen LogP contribution < -0.4 is 21.1 Å². The van der Waals surface area contributed by atoms with Crippen LogP contribution in [0.2, 0.25) is 0 Å². The number of nitrogens with zero attached hydrogens (tertiary/aromatic N) is 1. The van der Waals surface area contributed by atoms with Crippen LogP contribution in [0.1, 0.15) is 6.42 Å². The van der Waals surface area contributed by atoms with Crippen molar-refractivity contribution in [3.05, 3.63) is 30.3 Å². The first-order valence-electron chi connectivity index (χ1n) is 7.80. The van der Waals surface area contributed by atoms with Gasteiger partial charge in [-0.15, -0.1) is 0 Å². The van der Waals surface area contributed by atoms with Gasteiger partial charge >= 0.3 is 0 Å². The number of likely N-dealkylation sites (tertiary alicyclic amines) is 1. The standard InChI is InChI=1S/C16H22N4O4/c17-9-14(21)18-10-15(22)19-12-8-16(23)20(11-12)6-7-24-13-4-2-1-3-5-13/h1-5,12H,6-11,17H2,(H,18,21)(H,19,22). The van der Waals surface area contributed by atoms with Crippen LogP contribution in [0.25, 0.3) is 0 Å². The van der Waals surface area contributed by atoms with Gasteiger partial charge in [0, 0.05) is 13.0 Å². The highest BCUT2D eigenvalue weighted by Gasteiger charge is 2.30. The van der Waals surface area contributed by atoms with Crippen LogP contribution in [-0.4, -0.2) is 61.4 Å². The number of nitrogens with two attached hydrogens (primary N) is 1. The van der Waals surface area contributed by atoms with Crippen molar-refractivity contribution >= 4 is 17.7 Å². The van der Waals surface area contributed by atoms with E-state index in [1.54, 1.807) is 4.90 Å². The van der Waals surface area contributed by atoms with Gasteiger partial charge in [-0.1, -0.05) is 18.2 Å². The fourth-order valence-electron chi connectivity index (χ4n) is 2.41. The Balaban J connectivity index is 1.68. The third-order valence-electron chi connectivity index (χ3n) is 3.58. The number of amides is 3. The van der Waals surface area contributed by atoms with Gasteiger partial charge in [0.05, 0.1) is 25.7 Å². The number of hydrogen-bond acceptors (Lipinski definition) is 5. The highest BCUT2D eigenvalue weighted by atomic mass is 16.5. The van der Waals surface area contributed by atoms with E-state index in [4.69, 9.17) is 10.5 Å². The van der Waals surface area contributed by atoms with E-state index in [1.165, 1.54) is 0 Å². The van der Waals surface area contributed by atoms with Crippen LogP contribution in [0.15, 0.2) is 30.3 Å². The van der Waals surface area contributed by atoms with Crippen LogP contribution in [0.4, 0.5) is 0 Å². The second-order valence-electron chi connectivity index (χ2n) is 5.45. The van der Waals surface area contributed by atoms with Crippen LogP contribution in [0.5, 0.6) is 5.75 Å². The molecule has 1 atom stereocenters. The van der Waals surface area contributed by atoms with Gasteiger partial charge in [-0.3, -0.25) is 14.4 Å². The molecule has 24 heavy (non-hydrogen) atoms. The van der Waals surface area contributed by atoms with Crippen LogP contribution in [0.3, 0.4) is 0 Å². The van der Waals surface area contributed by atoms with Gasteiger partial charge in [0.2, 0.25) is 17.7 Å². The molecular weight excluding hydrogens is 312 g/mol. The molecule has 1 heterocycles. The van der Waals surface area contributed by atoms with Crippen molar-refractivity contribution in [2.45, 2.75) is 12.5 Å². The number of para-hydroxylation sites is 1. The summed E-state index contributed by atoms with van der Waals surface area (Å²) in [6.07, 6.45) is 0.252. The lowest BCUT2D eigenvalue weighted by atomic mass is 10.2. The van der Waals surface area contributed by atoms with Gasteiger partial charge < -0.3 is 26.0 Å². The van der Waals surface area contributed by atoms with Crippen molar-refractivity contribution in [3.8, 4) is 5.75 Å². The van der Waals surface area contributed by atoms with Crippen molar-refractivity contribution in [1.29, 1.82) is 0 Å². The Morgan fingerprint density at radius 2 is 2.00 bits per heavy atom. The summed E-state index contributed by atoms with van der Waals surface area (Å²) in [5, 5.41) is 5.12. The Labute approximate surface area is 140 Å². The van der Waals surface area contributed by atoms with Crippen molar-refractivity contribution < 1.29 is 19.1 Å². The third kappa shape index (κ3) is 5.54. The average molecular weight is 334 g/mol. The van der Waals surface area contributed by atoms with Crippen LogP contribution >= 0.6 is 0 Å². The first-order valence-corrected chi connectivity index (χ1v) is 7.80. The van der Waals surface area contributed by atoms with Crippen molar-refractivity contribution in [3.63, 3.8) is 0 Å². The summed E-state index contributed by atoms with van der Waals surface area (Å²) in [5.74, 6) is -0.00285. The minimum absolute atomic E-state index is 0.0250. The molecule has 0 aromatic heterocycles. The second kappa shape index (κ2) is 8.88. The van der Waals surface area contributed by atoms with E-state index in [-0.39, 0.29) is 37.4 Å². The Bertz CT molecular complexity index is 579. The molecule has 0 bridgehead atoms. The second-order valence-corrected chi connectivity index (χ2v) is 5.45. The Hall–Kier alpha value is -2.61. The summed E-state index contributed by atoms with van der Waals surface area (Å²) >= 11 is 0. The molecule has 1 unspecified atom stereocenters. The maximum absolute atomic E-state index is 12.0. The number of carbonyl (C=O) groups excluding carboxylic acids is 3. The quantitative estimate of drug-likeness (QED) is 0.556. The molecule has 2 rings (SSSR count). The summed E-state index contributed by atoms with van der Waals surface area (Å²) in [6, 6.07) is 9.11. The molecule has 1 aliphatic heterocycles. The predicted molar refractivity (Wildman–Crippen MR) is 87.1 cm³/mol. The zero-order valence-corrected chi connectivity index (χ0v) is 13.4. The lowest BCUT2D eigenvalue weighted by Gasteiger charge is -2.17. The van der Waals surface area contributed by atoms with Gasteiger partial charge in [-0.2, -0.15) is 0 Å². The fourth-order valence-corrected chi connectivity index (χ4v) is 2.41. The largest absolute Gasteiger partial charge is 0.492 e. The van der Waals surface area contributed by atoms with E-state index in [1.807, 2.05) is 30.3 Å². The third-order valence-corrected chi connectivity index (χ3v) is 3.58. The van der Waals surface area contributed by atoms with Crippen molar-refractivity contribution in [2.24, 2.45) is 5.73 Å². The number of ether oxygens (including phenoxy) is 1. The zero-order chi connectivity index (χ0) is 17.4. The van der Waals surface area contributed by atoms with Gasteiger partial charge in [0.1, 0.15) is 12.4 Å². The van der Waals surface area contributed by atoms with Gasteiger partial charge in [0.15, 0.2) is 0 Å². The molecule has 1 saturated heterocycles. The summed E-state index contributed by atoms with van der Waals surface area (Å²) in [7, 11) is 0. The minimum Gasteiger partial charge on any atom is -0.492 e. The molecule has 0 spiro atoms. The number of hydrogen-bond donors (Lipinski definition) is 3. The topological polar surface area (TPSA) is 114 Å².